The molecule has 0 saturated carbocycles. The molecule has 0 aliphatic rings. The Morgan fingerprint density at radius 2 is 1.64 bits per heavy atom. The highest BCUT2D eigenvalue weighted by molar-refractivity contribution is 6.38. The molecule has 0 amide bonds. The van der Waals surface area contributed by atoms with E-state index in [0.717, 1.165) is 57.5 Å². The average molecular weight is 531 g/mol. The molecule has 0 bridgehead atoms. The van der Waals surface area contributed by atoms with Crippen molar-refractivity contribution in [1.29, 1.82) is 0 Å². The first-order chi connectivity index (χ1) is 17.5. The van der Waals surface area contributed by atoms with Gasteiger partial charge in [0.25, 0.3) is 0 Å². The van der Waals surface area contributed by atoms with Gasteiger partial charge in [-0.3, -0.25) is 9.88 Å². The Morgan fingerprint density at radius 3 is 2.33 bits per heavy atom. The molecule has 0 radical (unpaired) electrons. The number of unbranched alkanes of at least 4 members (excludes halogenated alkanes) is 3. The molecule has 2 unspecified atom stereocenters. The quantitative estimate of drug-likeness (QED) is 0.169. The standard InChI is InChI=1S/C29H37Cl2N3O2/c1-22(29(35)24-19-26(30)28(32)27(31)20-24)34(21-23-11-5-4-6-12-23)16-9-2-3-10-17-36-18-14-25-13-7-8-15-33-25/h4-8,11-13,15,19-20,22,29,35H,2-3,9-10,14,16-18,21,32H2,1H3. The zero-order valence-corrected chi connectivity index (χ0v) is 22.5. The molecular weight excluding hydrogens is 493 g/mol. The summed E-state index contributed by atoms with van der Waals surface area (Å²) in [5.74, 6) is 0. The fraction of sp³-hybridized carbons (Fsp3) is 0.414. The van der Waals surface area contributed by atoms with Crippen molar-refractivity contribution in [1.82, 2.24) is 9.88 Å². The smallest absolute Gasteiger partial charge is 0.0943 e. The van der Waals surface area contributed by atoms with Crippen molar-refractivity contribution in [3.05, 3.63) is 93.7 Å². The third-order valence-electron chi connectivity index (χ3n) is 6.42. The second kappa shape index (κ2) is 15.2. The van der Waals surface area contributed by atoms with Gasteiger partial charge in [0, 0.05) is 37.5 Å². The van der Waals surface area contributed by atoms with Gasteiger partial charge in [0.15, 0.2) is 0 Å². The van der Waals surface area contributed by atoms with Crippen LogP contribution in [0.4, 0.5) is 5.69 Å². The van der Waals surface area contributed by atoms with E-state index < -0.39 is 6.10 Å². The van der Waals surface area contributed by atoms with Crippen LogP contribution in [0.25, 0.3) is 0 Å². The third kappa shape index (κ3) is 9.06. The molecule has 0 fully saturated rings. The van der Waals surface area contributed by atoms with Crippen LogP contribution in [0.1, 0.15) is 55.5 Å². The van der Waals surface area contributed by atoms with Crippen molar-refractivity contribution in [3.63, 3.8) is 0 Å². The Kier molecular flexibility index (Phi) is 12.0. The Morgan fingerprint density at radius 1 is 0.944 bits per heavy atom. The summed E-state index contributed by atoms with van der Waals surface area (Å²) < 4.78 is 5.78. The predicted octanol–water partition coefficient (Wildman–Crippen LogP) is 6.71. The molecule has 194 valence electrons. The van der Waals surface area contributed by atoms with Crippen molar-refractivity contribution in [2.45, 2.75) is 57.7 Å². The molecule has 0 aliphatic carbocycles. The molecule has 36 heavy (non-hydrogen) atoms. The van der Waals surface area contributed by atoms with Crippen LogP contribution in [-0.4, -0.2) is 40.8 Å². The number of pyridine rings is 1. The van der Waals surface area contributed by atoms with E-state index in [-0.39, 0.29) is 6.04 Å². The number of nitrogens with zero attached hydrogens (tertiary/aromatic N) is 2. The maximum absolute atomic E-state index is 11.2. The minimum absolute atomic E-state index is 0.129. The number of halogens is 2. The number of aliphatic hydroxyl groups is 1. The first-order valence-corrected chi connectivity index (χ1v) is 13.4. The van der Waals surface area contributed by atoms with E-state index in [9.17, 15) is 5.11 Å². The maximum atomic E-state index is 11.2. The average Bonchev–Trinajstić information content (AvgIpc) is 2.90. The molecule has 0 saturated heterocycles. The normalized spacial score (nSPS) is 13.1. The van der Waals surface area contributed by atoms with Crippen LogP contribution in [0.3, 0.4) is 0 Å². The van der Waals surface area contributed by atoms with Gasteiger partial charge in [-0.2, -0.15) is 0 Å². The van der Waals surface area contributed by atoms with Crippen molar-refractivity contribution < 1.29 is 9.84 Å². The van der Waals surface area contributed by atoms with E-state index in [1.54, 1.807) is 12.1 Å². The van der Waals surface area contributed by atoms with Crippen LogP contribution in [0.15, 0.2) is 66.9 Å². The minimum Gasteiger partial charge on any atom is -0.396 e. The Labute approximate surface area is 225 Å². The molecule has 1 aromatic heterocycles. The fourth-order valence-corrected chi connectivity index (χ4v) is 4.70. The van der Waals surface area contributed by atoms with Crippen LogP contribution in [-0.2, 0) is 17.7 Å². The number of hydrogen-bond donors (Lipinski definition) is 2. The number of anilines is 1. The summed E-state index contributed by atoms with van der Waals surface area (Å²) in [6, 6.07) is 19.6. The van der Waals surface area contributed by atoms with Crippen molar-refractivity contribution in [3.8, 4) is 0 Å². The van der Waals surface area contributed by atoms with Crippen LogP contribution in [0.5, 0.6) is 0 Å². The van der Waals surface area contributed by atoms with Gasteiger partial charge in [0.05, 0.1) is 28.4 Å². The third-order valence-corrected chi connectivity index (χ3v) is 7.04. The fourth-order valence-electron chi connectivity index (χ4n) is 4.19. The zero-order valence-electron chi connectivity index (χ0n) is 21.0. The van der Waals surface area contributed by atoms with Gasteiger partial charge in [-0.1, -0.05) is 72.4 Å². The van der Waals surface area contributed by atoms with E-state index in [4.69, 9.17) is 33.7 Å². The van der Waals surface area contributed by atoms with Gasteiger partial charge < -0.3 is 15.6 Å². The number of nitrogen functional groups attached to an aromatic ring is 1. The molecule has 3 rings (SSSR count). The molecule has 0 aliphatic heterocycles. The number of nitrogens with two attached hydrogens (primary N) is 1. The lowest BCUT2D eigenvalue weighted by Gasteiger charge is -2.33. The van der Waals surface area contributed by atoms with Crippen LogP contribution >= 0.6 is 23.2 Å². The van der Waals surface area contributed by atoms with Crippen molar-refractivity contribution in [2.75, 3.05) is 25.5 Å². The minimum atomic E-state index is -0.739. The number of hydrogen-bond acceptors (Lipinski definition) is 5. The summed E-state index contributed by atoms with van der Waals surface area (Å²) in [6.07, 6.45) is 6.23. The van der Waals surface area contributed by atoms with E-state index in [1.165, 1.54) is 5.56 Å². The van der Waals surface area contributed by atoms with E-state index in [2.05, 4.69) is 22.0 Å². The first-order valence-electron chi connectivity index (χ1n) is 12.6. The van der Waals surface area contributed by atoms with Gasteiger partial charge in [0.2, 0.25) is 0 Å². The number of aromatic nitrogens is 1. The Balaban J connectivity index is 1.46. The summed E-state index contributed by atoms with van der Waals surface area (Å²) in [6.45, 7) is 5.15. The highest BCUT2D eigenvalue weighted by atomic mass is 35.5. The van der Waals surface area contributed by atoms with Crippen LogP contribution < -0.4 is 5.73 Å². The van der Waals surface area contributed by atoms with Gasteiger partial charge in [-0.25, -0.2) is 0 Å². The van der Waals surface area contributed by atoms with Gasteiger partial charge in [-0.05, 0) is 61.7 Å². The number of aliphatic hydroxyl groups excluding tert-OH is 1. The van der Waals surface area contributed by atoms with E-state index in [1.807, 2.05) is 49.5 Å². The Hall–Kier alpha value is -2.15. The maximum Gasteiger partial charge on any atom is 0.0943 e. The second-order valence-corrected chi connectivity index (χ2v) is 9.95. The highest BCUT2D eigenvalue weighted by Gasteiger charge is 2.24. The van der Waals surface area contributed by atoms with Gasteiger partial charge >= 0.3 is 0 Å². The summed E-state index contributed by atoms with van der Waals surface area (Å²) >= 11 is 12.4. The molecule has 5 nitrogen and oxygen atoms in total. The zero-order chi connectivity index (χ0) is 25.8. The lowest BCUT2D eigenvalue weighted by molar-refractivity contribution is 0.0518. The molecular formula is C29H37Cl2N3O2. The lowest BCUT2D eigenvalue weighted by Crippen LogP contribution is -2.38. The number of rotatable bonds is 15. The lowest BCUT2D eigenvalue weighted by atomic mass is 10.0. The molecule has 7 heteroatoms. The van der Waals surface area contributed by atoms with Crippen molar-refractivity contribution >= 4 is 28.9 Å². The van der Waals surface area contributed by atoms with Crippen LogP contribution in [0, 0.1) is 0 Å². The SMILES string of the molecule is CC(C(O)c1cc(Cl)c(N)c(Cl)c1)N(CCCCCCOCCc1ccccn1)Cc1ccccc1. The highest BCUT2D eigenvalue weighted by Crippen LogP contribution is 2.33. The monoisotopic (exact) mass is 529 g/mol. The molecule has 2 aromatic carbocycles. The molecule has 0 spiro atoms. The number of ether oxygens (including phenoxy) is 1. The van der Waals surface area contributed by atoms with Gasteiger partial charge in [0.1, 0.15) is 0 Å². The van der Waals surface area contributed by atoms with Gasteiger partial charge in [-0.15, -0.1) is 0 Å². The summed E-state index contributed by atoms with van der Waals surface area (Å²) in [5, 5.41) is 11.9. The Bertz CT molecular complexity index is 1010. The second-order valence-electron chi connectivity index (χ2n) is 9.14. The molecule has 2 atom stereocenters. The summed E-state index contributed by atoms with van der Waals surface area (Å²) in [4.78, 5) is 6.64. The molecule has 3 N–H and O–H groups in total. The predicted molar refractivity (Wildman–Crippen MR) is 149 cm³/mol. The first kappa shape index (κ1) is 28.4. The van der Waals surface area contributed by atoms with E-state index >= 15 is 0 Å². The van der Waals surface area contributed by atoms with E-state index in [0.29, 0.717) is 27.9 Å². The molecule has 3 aromatic rings. The summed E-state index contributed by atoms with van der Waals surface area (Å²) in [7, 11) is 0. The molecule has 1 heterocycles. The van der Waals surface area contributed by atoms with Crippen molar-refractivity contribution in [2.24, 2.45) is 0 Å². The largest absolute Gasteiger partial charge is 0.396 e. The summed E-state index contributed by atoms with van der Waals surface area (Å²) in [5.41, 5.74) is 9.17. The number of benzene rings is 2. The van der Waals surface area contributed by atoms with Crippen LogP contribution in [0.2, 0.25) is 10.0 Å². The topological polar surface area (TPSA) is 71.6 Å².